The SMILES string of the molecule is CC(C)(C)Oc1ccc(NCC(=O)O)cc1. The minimum atomic E-state index is -0.880. The number of anilines is 1. The normalized spacial score (nSPS) is 10.9. The van der Waals surface area contributed by atoms with Gasteiger partial charge >= 0.3 is 5.97 Å². The van der Waals surface area contributed by atoms with Gasteiger partial charge < -0.3 is 15.2 Å². The molecule has 0 saturated carbocycles. The van der Waals surface area contributed by atoms with Gasteiger partial charge in [0.25, 0.3) is 0 Å². The van der Waals surface area contributed by atoms with Gasteiger partial charge in [0.1, 0.15) is 17.9 Å². The molecule has 0 radical (unpaired) electrons. The largest absolute Gasteiger partial charge is 0.488 e. The van der Waals surface area contributed by atoms with Crippen LogP contribution in [0.5, 0.6) is 5.75 Å². The van der Waals surface area contributed by atoms with Crippen LogP contribution < -0.4 is 10.1 Å². The van der Waals surface area contributed by atoms with E-state index >= 15 is 0 Å². The summed E-state index contributed by atoms with van der Waals surface area (Å²) in [6.45, 7) is 5.84. The highest BCUT2D eigenvalue weighted by Crippen LogP contribution is 2.20. The molecule has 4 heteroatoms. The maximum absolute atomic E-state index is 10.3. The van der Waals surface area contributed by atoms with Gasteiger partial charge in [0.2, 0.25) is 0 Å². The third kappa shape index (κ3) is 4.68. The highest BCUT2D eigenvalue weighted by molar-refractivity contribution is 5.72. The van der Waals surface area contributed by atoms with Crippen molar-refractivity contribution in [3.05, 3.63) is 24.3 Å². The van der Waals surface area contributed by atoms with Crippen LogP contribution in [-0.4, -0.2) is 23.2 Å². The van der Waals surface area contributed by atoms with E-state index in [-0.39, 0.29) is 12.1 Å². The molecule has 0 aliphatic carbocycles. The second kappa shape index (κ2) is 4.88. The molecule has 0 fully saturated rings. The molecular weight excluding hydrogens is 206 g/mol. The lowest BCUT2D eigenvalue weighted by atomic mass is 10.2. The predicted octanol–water partition coefficient (Wildman–Crippen LogP) is 2.36. The topological polar surface area (TPSA) is 58.6 Å². The summed E-state index contributed by atoms with van der Waals surface area (Å²) < 4.78 is 5.64. The number of carboxylic acid groups (broad SMARTS) is 1. The van der Waals surface area contributed by atoms with Crippen molar-refractivity contribution in [2.24, 2.45) is 0 Å². The molecule has 4 nitrogen and oxygen atoms in total. The van der Waals surface area contributed by atoms with Gasteiger partial charge in [0, 0.05) is 5.69 Å². The Labute approximate surface area is 95.2 Å². The van der Waals surface area contributed by atoms with E-state index in [4.69, 9.17) is 9.84 Å². The van der Waals surface area contributed by atoms with Crippen molar-refractivity contribution < 1.29 is 14.6 Å². The van der Waals surface area contributed by atoms with E-state index in [0.717, 1.165) is 11.4 Å². The van der Waals surface area contributed by atoms with Crippen molar-refractivity contribution >= 4 is 11.7 Å². The molecular formula is C12H17NO3. The van der Waals surface area contributed by atoms with Crippen LogP contribution in [0.3, 0.4) is 0 Å². The fourth-order valence-corrected chi connectivity index (χ4v) is 1.17. The highest BCUT2D eigenvalue weighted by Gasteiger charge is 2.11. The number of nitrogens with one attached hydrogen (secondary N) is 1. The van der Waals surface area contributed by atoms with Gasteiger partial charge in [-0.25, -0.2) is 0 Å². The van der Waals surface area contributed by atoms with Crippen LogP contribution in [-0.2, 0) is 4.79 Å². The molecule has 88 valence electrons. The monoisotopic (exact) mass is 223 g/mol. The van der Waals surface area contributed by atoms with Crippen LogP contribution in [0.25, 0.3) is 0 Å². The molecule has 0 aromatic heterocycles. The van der Waals surface area contributed by atoms with E-state index in [1.54, 1.807) is 12.1 Å². The minimum Gasteiger partial charge on any atom is -0.488 e. The van der Waals surface area contributed by atoms with Gasteiger partial charge in [-0.1, -0.05) is 0 Å². The molecule has 0 aliphatic rings. The van der Waals surface area contributed by atoms with Crippen molar-refractivity contribution in [3.63, 3.8) is 0 Å². The predicted molar refractivity (Wildman–Crippen MR) is 62.9 cm³/mol. The van der Waals surface area contributed by atoms with Gasteiger partial charge in [-0.05, 0) is 45.0 Å². The van der Waals surface area contributed by atoms with Gasteiger partial charge in [0.05, 0.1) is 0 Å². The first-order valence-corrected chi connectivity index (χ1v) is 5.11. The van der Waals surface area contributed by atoms with Gasteiger partial charge in [-0.15, -0.1) is 0 Å². The number of carbonyl (C=O) groups is 1. The zero-order valence-corrected chi connectivity index (χ0v) is 9.78. The summed E-state index contributed by atoms with van der Waals surface area (Å²) in [4.78, 5) is 10.3. The summed E-state index contributed by atoms with van der Waals surface area (Å²) in [5.41, 5.74) is 0.541. The van der Waals surface area contributed by atoms with E-state index in [2.05, 4.69) is 5.32 Å². The molecule has 0 bridgehead atoms. The molecule has 0 atom stereocenters. The quantitative estimate of drug-likeness (QED) is 0.822. The van der Waals surface area contributed by atoms with Crippen LogP contribution in [0.15, 0.2) is 24.3 Å². The van der Waals surface area contributed by atoms with Crippen LogP contribution in [0.2, 0.25) is 0 Å². The van der Waals surface area contributed by atoms with Crippen molar-refractivity contribution in [2.45, 2.75) is 26.4 Å². The summed E-state index contributed by atoms with van der Waals surface area (Å²) in [7, 11) is 0. The third-order valence-electron chi connectivity index (χ3n) is 1.72. The number of rotatable bonds is 4. The Morgan fingerprint density at radius 2 is 1.88 bits per heavy atom. The van der Waals surface area contributed by atoms with Crippen molar-refractivity contribution in [2.75, 3.05) is 11.9 Å². The summed E-state index contributed by atoms with van der Waals surface area (Å²) in [5.74, 6) is -0.108. The Hall–Kier alpha value is -1.71. The Kier molecular flexibility index (Phi) is 3.77. The molecule has 0 spiro atoms. The molecule has 0 unspecified atom stereocenters. The molecule has 0 amide bonds. The number of aliphatic carboxylic acids is 1. The fourth-order valence-electron chi connectivity index (χ4n) is 1.17. The van der Waals surface area contributed by atoms with Gasteiger partial charge in [-0.3, -0.25) is 4.79 Å². The Morgan fingerprint density at radius 3 is 2.31 bits per heavy atom. The number of benzene rings is 1. The molecule has 16 heavy (non-hydrogen) atoms. The molecule has 0 heterocycles. The average Bonchev–Trinajstić information content (AvgIpc) is 2.14. The van der Waals surface area contributed by atoms with E-state index < -0.39 is 5.97 Å². The average molecular weight is 223 g/mol. The van der Waals surface area contributed by atoms with Crippen LogP contribution in [0.4, 0.5) is 5.69 Å². The van der Waals surface area contributed by atoms with E-state index in [9.17, 15) is 4.79 Å². The number of ether oxygens (including phenoxy) is 1. The zero-order valence-electron chi connectivity index (χ0n) is 9.78. The van der Waals surface area contributed by atoms with Gasteiger partial charge in [0.15, 0.2) is 0 Å². The first kappa shape index (κ1) is 12.4. The van der Waals surface area contributed by atoms with E-state index in [1.807, 2.05) is 32.9 Å². The van der Waals surface area contributed by atoms with Crippen LogP contribution >= 0.6 is 0 Å². The maximum Gasteiger partial charge on any atom is 0.322 e. The molecule has 2 N–H and O–H groups in total. The van der Waals surface area contributed by atoms with E-state index in [0.29, 0.717) is 0 Å². The van der Waals surface area contributed by atoms with Gasteiger partial charge in [-0.2, -0.15) is 0 Å². The van der Waals surface area contributed by atoms with E-state index in [1.165, 1.54) is 0 Å². The number of hydrogen-bond donors (Lipinski definition) is 2. The first-order valence-electron chi connectivity index (χ1n) is 5.11. The second-order valence-electron chi connectivity index (χ2n) is 4.49. The highest BCUT2D eigenvalue weighted by atomic mass is 16.5. The Bertz CT molecular complexity index is 352. The third-order valence-corrected chi connectivity index (χ3v) is 1.72. The lowest BCUT2D eigenvalue weighted by molar-refractivity contribution is -0.134. The zero-order chi connectivity index (χ0) is 12.2. The number of hydrogen-bond acceptors (Lipinski definition) is 3. The summed E-state index contributed by atoms with van der Waals surface area (Å²) in [6.07, 6.45) is 0. The lowest BCUT2D eigenvalue weighted by Crippen LogP contribution is -2.22. The number of carboxylic acids is 1. The molecule has 0 saturated heterocycles. The summed E-state index contributed by atoms with van der Waals surface area (Å²) in [6, 6.07) is 7.22. The maximum atomic E-state index is 10.3. The molecule has 1 aromatic carbocycles. The minimum absolute atomic E-state index is 0.0839. The molecule has 1 aromatic rings. The standard InChI is InChI=1S/C12H17NO3/c1-12(2,3)16-10-6-4-9(5-7-10)13-8-11(14)15/h4-7,13H,8H2,1-3H3,(H,14,15). The summed E-state index contributed by atoms with van der Waals surface area (Å²) >= 11 is 0. The van der Waals surface area contributed by atoms with Crippen molar-refractivity contribution in [1.29, 1.82) is 0 Å². The lowest BCUT2D eigenvalue weighted by Gasteiger charge is -2.21. The first-order chi connectivity index (χ1) is 7.37. The van der Waals surface area contributed by atoms with Crippen LogP contribution in [0, 0.1) is 0 Å². The Morgan fingerprint density at radius 1 is 1.31 bits per heavy atom. The van der Waals surface area contributed by atoms with Crippen molar-refractivity contribution in [1.82, 2.24) is 0 Å². The van der Waals surface area contributed by atoms with Crippen LogP contribution in [0.1, 0.15) is 20.8 Å². The fraction of sp³-hybridized carbons (Fsp3) is 0.417. The van der Waals surface area contributed by atoms with Crippen molar-refractivity contribution in [3.8, 4) is 5.75 Å². The summed E-state index contributed by atoms with van der Waals surface area (Å²) in [5, 5.41) is 11.3. The smallest absolute Gasteiger partial charge is 0.322 e. The second-order valence-corrected chi connectivity index (χ2v) is 4.49. The molecule has 1 rings (SSSR count). The molecule has 0 aliphatic heterocycles. The Balaban J connectivity index is 2.57.